The number of fused-ring (bicyclic) bond motifs is 2. The summed E-state index contributed by atoms with van der Waals surface area (Å²) in [6.45, 7) is 2.08. The molecule has 0 radical (unpaired) electrons. The summed E-state index contributed by atoms with van der Waals surface area (Å²) in [5, 5.41) is 18.9. The third-order valence-electron chi connectivity index (χ3n) is 3.34. The summed E-state index contributed by atoms with van der Waals surface area (Å²) in [4.78, 5) is 0. The van der Waals surface area contributed by atoms with Crippen LogP contribution in [0.2, 0.25) is 0 Å². The zero-order valence-electron chi connectivity index (χ0n) is 6.25. The smallest absolute Gasteiger partial charge is 0.0855 e. The van der Waals surface area contributed by atoms with Gasteiger partial charge in [0.25, 0.3) is 0 Å². The van der Waals surface area contributed by atoms with E-state index in [1.165, 1.54) is 0 Å². The van der Waals surface area contributed by atoms with Crippen LogP contribution in [0.25, 0.3) is 0 Å². The standard InChI is InChI=1S/C8H14O2/c1-8-3-2-5(4-8)6(9)7(8)10/h5-7,9-10H,2-4H2,1H3. The van der Waals surface area contributed by atoms with Crippen molar-refractivity contribution in [1.29, 1.82) is 0 Å². The van der Waals surface area contributed by atoms with Gasteiger partial charge >= 0.3 is 0 Å². The Balaban J connectivity index is 2.25. The maximum absolute atomic E-state index is 9.50. The first-order valence-electron chi connectivity index (χ1n) is 4.00. The Labute approximate surface area is 60.9 Å². The molecule has 0 saturated heterocycles. The van der Waals surface area contributed by atoms with E-state index in [1.807, 2.05) is 0 Å². The summed E-state index contributed by atoms with van der Waals surface area (Å²) in [7, 11) is 0. The first-order chi connectivity index (χ1) is 4.63. The normalized spacial score (nSPS) is 59.7. The molecule has 2 rings (SSSR count). The molecule has 0 heterocycles. The van der Waals surface area contributed by atoms with E-state index in [0.29, 0.717) is 5.92 Å². The lowest BCUT2D eigenvalue weighted by Crippen LogP contribution is -2.37. The van der Waals surface area contributed by atoms with Gasteiger partial charge in [-0.2, -0.15) is 0 Å². The number of hydrogen-bond donors (Lipinski definition) is 2. The molecule has 2 aliphatic carbocycles. The van der Waals surface area contributed by atoms with Crippen molar-refractivity contribution in [1.82, 2.24) is 0 Å². The maximum atomic E-state index is 9.50. The highest BCUT2D eigenvalue weighted by Crippen LogP contribution is 2.53. The summed E-state index contributed by atoms with van der Waals surface area (Å²) in [5.74, 6) is 0.389. The largest absolute Gasteiger partial charge is 0.390 e. The molecule has 4 unspecified atom stereocenters. The highest BCUT2D eigenvalue weighted by atomic mass is 16.3. The Morgan fingerprint density at radius 3 is 2.40 bits per heavy atom. The van der Waals surface area contributed by atoms with E-state index in [2.05, 4.69) is 6.92 Å². The zero-order chi connectivity index (χ0) is 7.35. The Morgan fingerprint density at radius 2 is 2.10 bits per heavy atom. The molecule has 0 aromatic carbocycles. The summed E-state index contributed by atoms with van der Waals surface area (Å²) in [5.41, 5.74) is 0.0457. The van der Waals surface area contributed by atoms with E-state index in [-0.39, 0.29) is 5.41 Å². The molecule has 2 heteroatoms. The summed E-state index contributed by atoms with van der Waals surface area (Å²) >= 11 is 0. The van der Waals surface area contributed by atoms with Crippen LogP contribution in [-0.4, -0.2) is 22.4 Å². The molecular weight excluding hydrogens is 128 g/mol. The van der Waals surface area contributed by atoms with Crippen LogP contribution in [0.1, 0.15) is 26.2 Å². The number of hydrogen-bond acceptors (Lipinski definition) is 2. The maximum Gasteiger partial charge on any atom is 0.0855 e. The van der Waals surface area contributed by atoms with Crippen molar-refractivity contribution in [2.24, 2.45) is 11.3 Å². The molecule has 10 heavy (non-hydrogen) atoms. The lowest BCUT2D eigenvalue weighted by atomic mass is 9.83. The van der Waals surface area contributed by atoms with Crippen LogP contribution in [0.3, 0.4) is 0 Å². The SMILES string of the molecule is CC12CCC(C1)C(O)C2O. The van der Waals surface area contributed by atoms with E-state index in [0.717, 1.165) is 19.3 Å². The fourth-order valence-electron chi connectivity index (χ4n) is 2.55. The van der Waals surface area contributed by atoms with Gasteiger partial charge in [0, 0.05) is 0 Å². The topological polar surface area (TPSA) is 40.5 Å². The van der Waals surface area contributed by atoms with Gasteiger partial charge in [-0.3, -0.25) is 0 Å². The summed E-state index contributed by atoms with van der Waals surface area (Å²) in [6, 6.07) is 0. The third kappa shape index (κ3) is 0.611. The van der Waals surface area contributed by atoms with E-state index in [1.54, 1.807) is 0 Å². The molecule has 2 fully saturated rings. The Morgan fingerprint density at radius 1 is 1.40 bits per heavy atom. The van der Waals surface area contributed by atoms with Crippen LogP contribution >= 0.6 is 0 Å². The Kier molecular flexibility index (Phi) is 1.15. The quantitative estimate of drug-likeness (QED) is 0.518. The molecule has 2 saturated carbocycles. The van der Waals surface area contributed by atoms with Crippen LogP contribution in [-0.2, 0) is 0 Å². The molecule has 0 amide bonds. The van der Waals surface area contributed by atoms with Crippen LogP contribution in [0.4, 0.5) is 0 Å². The van der Waals surface area contributed by atoms with Gasteiger partial charge in [0.05, 0.1) is 12.2 Å². The van der Waals surface area contributed by atoms with Gasteiger partial charge in [0.1, 0.15) is 0 Å². The molecule has 0 aromatic heterocycles. The highest BCUT2D eigenvalue weighted by Gasteiger charge is 2.53. The van der Waals surface area contributed by atoms with Gasteiger partial charge in [-0.05, 0) is 30.6 Å². The minimum atomic E-state index is -0.453. The van der Waals surface area contributed by atoms with Crippen molar-refractivity contribution in [3.05, 3.63) is 0 Å². The van der Waals surface area contributed by atoms with E-state index in [9.17, 15) is 10.2 Å². The van der Waals surface area contributed by atoms with Gasteiger partial charge in [-0.15, -0.1) is 0 Å². The number of aliphatic hydroxyl groups is 2. The molecule has 0 aromatic rings. The fraction of sp³-hybridized carbons (Fsp3) is 1.00. The van der Waals surface area contributed by atoms with Gasteiger partial charge in [-0.1, -0.05) is 6.92 Å². The van der Waals surface area contributed by atoms with E-state index < -0.39 is 12.2 Å². The van der Waals surface area contributed by atoms with Crippen LogP contribution in [0, 0.1) is 11.3 Å². The second-order valence-corrected chi connectivity index (χ2v) is 4.09. The van der Waals surface area contributed by atoms with Crippen molar-refractivity contribution in [2.45, 2.75) is 38.4 Å². The average Bonchev–Trinajstić information content (AvgIpc) is 2.35. The molecule has 0 aliphatic heterocycles. The lowest BCUT2D eigenvalue weighted by Gasteiger charge is -2.29. The van der Waals surface area contributed by atoms with Crippen molar-refractivity contribution in [3.8, 4) is 0 Å². The highest BCUT2D eigenvalue weighted by molar-refractivity contribution is 5.04. The molecule has 0 spiro atoms. The van der Waals surface area contributed by atoms with Gasteiger partial charge in [0.2, 0.25) is 0 Å². The summed E-state index contributed by atoms with van der Waals surface area (Å²) < 4.78 is 0. The van der Waals surface area contributed by atoms with Crippen molar-refractivity contribution in [3.63, 3.8) is 0 Å². The van der Waals surface area contributed by atoms with Crippen molar-refractivity contribution < 1.29 is 10.2 Å². The monoisotopic (exact) mass is 142 g/mol. The predicted molar refractivity (Wildman–Crippen MR) is 37.5 cm³/mol. The molecular formula is C8H14O2. The lowest BCUT2D eigenvalue weighted by molar-refractivity contribution is -0.0455. The summed E-state index contributed by atoms with van der Waals surface area (Å²) in [6.07, 6.45) is 2.34. The van der Waals surface area contributed by atoms with Crippen molar-refractivity contribution in [2.75, 3.05) is 0 Å². The minimum Gasteiger partial charge on any atom is -0.390 e. The van der Waals surface area contributed by atoms with Crippen LogP contribution < -0.4 is 0 Å². The number of rotatable bonds is 0. The van der Waals surface area contributed by atoms with E-state index >= 15 is 0 Å². The van der Waals surface area contributed by atoms with Crippen LogP contribution in [0.5, 0.6) is 0 Å². The first kappa shape index (κ1) is 6.62. The van der Waals surface area contributed by atoms with Gasteiger partial charge in [0.15, 0.2) is 0 Å². The molecule has 2 aliphatic rings. The molecule has 4 atom stereocenters. The van der Waals surface area contributed by atoms with E-state index in [4.69, 9.17) is 0 Å². The minimum absolute atomic E-state index is 0.0457. The fourth-order valence-corrected chi connectivity index (χ4v) is 2.55. The second-order valence-electron chi connectivity index (χ2n) is 4.09. The van der Waals surface area contributed by atoms with Gasteiger partial charge < -0.3 is 10.2 Å². The molecule has 2 nitrogen and oxygen atoms in total. The van der Waals surface area contributed by atoms with Gasteiger partial charge in [-0.25, -0.2) is 0 Å². The van der Waals surface area contributed by atoms with Crippen molar-refractivity contribution >= 4 is 0 Å². The third-order valence-corrected chi connectivity index (χ3v) is 3.34. The Bertz CT molecular complexity index is 157. The average molecular weight is 142 g/mol. The second kappa shape index (κ2) is 1.74. The molecule has 2 N–H and O–H groups in total. The molecule has 2 bridgehead atoms. The Hall–Kier alpha value is -0.0800. The predicted octanol–water partition coefficient (Wildman–Crippen LogP) is 0.528. The number of aliphatic hydroxyl groups excluding tert-OH is 2. The molecule has 58 valence electrons. The first-order valence-corrected chi connectivity index (χ1v) is 4.00. The zero-order valence-corrected chi connectivity index (χ0v) is 6.25. The van der Waals surface area contributed by atoms with Crippen LogP contribution in [0.15, 0.2) is 0 Å².